The summed E-state index contributed by atoms with van der Waals surface area (Å²) in [6.45, 7) is 0.254. The van der Waals surface area contributed by atoms with Gasteiger partial charge in [0.05, 0.1) is 0 Å². The SMILES string of the molecule is Nc1c(F)ccc(S(=O)(=O)NCCC2CC2)c1F. The van der Waals surface area contributed by atoms with Crippen molar-refractivity contribution in [3.05, 3.63) is 23.8 Å². The molecule has 7 heteroatoms. The molecule has 0 radical (unpaired) electrons. The molecule has 0 spiro atoms. The summed E-state index contributed by atoms with van der Waals surface area (Å²) in [5, 5.41) is 0. The Morgan fingerprint density at radius 3 is 2.61 bits per heavy atom. The lowest BCUT2D eigenvalue weighted by Crippen LogP contribution is -2.26. The van der Waals surface area contributed by atoms with E-state index >= 15 is 0 Å². The van der Waals surface area contributed by atoms with Gasteiger partial charge in [-0.3, -0.25) is 0 Å². The minimum atomic E-state index is -3.97. The highest BCUT2D eigenvalue weighted by Gasteiger charge is 2.24. The second-order valence-electron chi connectivity index (χ2n) is 4.40. The Morgan fingerprint density at radius 1 is 1.33 bits per heavy atom. The van der Waals surface area contributed by atoms with Gasteiger partial charge in [0.1, 0.15) is 16.4 Å². The smallest absolute Gasteiger partial charge is 0.243 e. The fourth-order valence-electron chi connectivity index (χ4n) is 1.64. The molecule has 0 bridgehead atoms. The Balaban J connectivity index is 2.15. The molecule has 0 saturated heterocycles. The first-order chi connectivity index (χ1) is 8.42. The van der Waals surface area contributed by atoms with Gasteiger partial charge >= 0.3 is 0 Å². The van der Waals surface area contributed by atoms with Gasteiger partial charge in [0.2, 0.25) is 10.0 Å². The Kier molecular flexibility index (Phi) is 3.54. The van der Waals surface area contributed by atoms with Crippen LogP contribution in [-0.2, 0) is 10.0 Å². The van der Waals surface area contributed by atoms with Crippen LogP contribution in [0.5, 0.6) is 0 Å². The fourth-order valence-corrected chi connectivity index (χ4v) is 2.77. The van der Waals surface area contributed by atoms with E-state index in [1.165, 1.54) is 0 Å². The van der Waals surface area contributed by atoms with Gasteiger partial charge in [-0.2, -0.15) is 0 Å². The molecule has 1 saturated carbocycles. The fraction of sp³-hybridized carbons (Fsp3) is 0.455. The van der Waals surface area contributed by atoms with Gasteiger partial charge < -0.3 is 5.73 Å². The first-order valence-corrected chi connectivity index (χ1v) is 7.13. The van der Waals surface area contributed by atoms with E-state index in [9.17, 15) is 17.2 Å². The van der Waals surface area contributed by atoms with Crippen LogP contribution in [0.1, 0.15) is 19.3 Å². The van der Waals surface area contributed by atoms with Gasteiger partial charge in [0.25, 0.3) is 0 Å². The predicted molar refractivity (Wildman–Crippen MR) is 63.3 cm³/mol. The molecule has 0 aliphatic heterocycles. The molecule has 1 aromatic rings. The molecule has 1 aromatic carbocycles. The minimum Gasteiger partial charge on any atom is -0.394 e. The molecule has 1 aliphatic rings. The summed E-state index contributed by atoms with van der Waals surface area (Å²) in [5.74, 6) is -1.64. The maximum atomic E-state index is 13.6. The minimum absolute atomic E-state index is 0.254. The molecule has 100 valence electrons. The lowest BCUT2D eigenvalue weighted by atomic mass is 10.3. The zero-order valence-electron chi connectivity index (χ0n) is 9.62. The van der Waals surface area contributed by atoms with Crippen molar-refractivity contribution in [1.82, 2.24) is 4.72 Å². The Bertz CT molecular complexity index is 556. The number of benzene rings is 1. The summed E-state index contributed by atoms with van der Waals surface area (Å²) in [7, 11) is -3.97. The van der Waals surface area contributed by atoms with Crippen LogP contribution in [0.25, 0.3) is 0 Å². The summed E-state index contributed by atoms with van der Waals surface area (Å²) in [4.78, 5) is -0.614. The van der Waals surface area contributed by atoms with Gasteiger partial charge in [-0.25, -0.2) is 21.9 Å². The van der Waals surface area contributed by atoms with Crippen LogP contribution < -0.4 is 10.5 Å². The number of hydrogen-bond acceptors (Lipinski definition) is 3. The van der Waals surface area contributed by atoms with Crippen molar-refractivity contribution >= 4 is 15.7 Å². The molecule has 18 heavy (non-hydrogen) atoms. The number of nitrogen functional groups attached to an aromatic ring is 1. The standard InChI is InChI=1S/C11H14F2N2O2S/c12-8-3-4-9(10(13)11(8)14)18(16,17)15-6-5-7-1-2-7/h3-4,7,15H,1-2,5-6,14H2. The lowest BCUT2D eigenvalue weighted by Gasteiger charge is -2.09. The van der Waals surface area contributed by atoms with E-state index < -0.39 is 32.2 Å². The van der Waals surface area contributed by atoms with Gasteiger partial charge in [-0.15, -0.1) is 0 Å². The van der Waals surface area contributed by atoms with E-state index in [0.717, 1.165) is 31.4 Å². The van der Waals surface area contributed by atoms with E-state index in [4.69, 9.17) is 5.73 Å². The summed E-state index contributed by atoms with van der Waals surface area (Å²) in [5.41, 5.74) is 4.35. The summed E-state index contributed by atoms with van der Waals surface area (Å²) in [6.07, 6.45) is 2.96. The number of nitrogens with one attached hydrogen (secondary N) is 1. The molecule has 0 amide bonds. The van der Waals surface area contributed by atoms with Gasteiger partial charge in [-0.05, 0) is 24.5 Å². The molecule has 3 N–H and O–H groups in total. The molecular weight excluding hydrogens is 262 g/mol. The van der Waals surface area contributed by atoms with E-state index in [-0.39, 0.29) is 6.54 Å². The number of nitrogens with two attached hydrogens (primary N) is 1. The van der Waals surface area contributed by atoms with Crippen molar-refractivity contribution < 1.29 is 17.2 Å². The quantitative estimate of drug-likeness (QED) is 0.803. The van der Waals surface area contributed by atoms with Crippen LogP contribution in [0.4, 0.5) is 14.5 Å². The predicted octanol–water partition coefficient (Wildman–Crippen LogP) is 1.63. The number of hydrogen-bond donors (Lipinski definition) is 2. The topological polar surface area (TPSA) is 72.2 Å². The van der Waals surface area contributed by atoms with Gasteiger partial charge in [-0.1, -0.05) is 12.8 Å². The third-order valence-corrected chi connectivity index (χ3v) is 4.40. The third kappa shape index (κ3) is 2.78. The van der Waals surface area contributed by atoms with Crippen LogP contribution in [-0.4, -0.2) is 15.0 Å². The molecule has 0 heterocycles. The van der Waals surface area contributed by atoms with Crippen molar-refractivity contribution in [3.63, 3.8) is 0 Å². The highest BCUT2D eigenvalue weighted by atomic mass is 32.2. The first-order valence-electron chi connectivity index (χ1n) is 5.65. The zero-order chi connectivity index (χ0) is 13.3. The van der Waals surface area contributed by atoms with E-state index in [1.54, 1.807) is 0 Å². The van der Waals surface area contributed by atoms with Crippen molar-refractivity contribution in [1.29, 1.82) is 0 Å². The Labute approximate surface area is 104 Å². The highest BCUT2D eigenvalue weighted by molar-refractivity contribution is 7.89. The van der Waals surface area contributed by atoms with Gasteiger partial charge in [0, 0.05) is 6.54 Å². The van der Waals surface area contributed by atoms with Gasteiger partial charge in [0.15, 0.2) is 5.82 Å². The normalized spacial score (nSPS) is 15.9. The van der Waals surface area contributed by atoms with Crippen LogP contribution >= 0.6 is 0 Å². The number of anilines is 1. The molecule has 0 aromatic heterocycles. The molecule has 0 atom stereocenters. The second-order valence-corrected chi connectivity index (χ2v) is 6.14. The zero-order valence-corrected chi connectivity index (χ0v) is 10.4. The largest absolute Gasteiger partial charge is 0.394 e. The van der Waals surface area contributed by atoms with E-state index in [1.807, 2.05) is 0 Å². The molecule has 0 unspecified atom stereocenters. The number of sulfonamides is 1. The lowest BCUT2D eigenvalue weighted by molar-refractivity contribution is 0.545. The van der Waals surface area contributed by atoms with Crippen LogP contribution in [0.15, 0.2) is 17.0 Å². The average Bonchev–Trinajstić information content (AvgIpc) is 3.09. The molecule has 1 fully saturated rings. The monoisotopic (exact) mass is 276 g/mol. The molecular formula is C11H14F2N2O2S. The van der Waals surface area contributed by atoms with Crippen molar-refractivity contribution in [3.8, 4) is 0 Å². The average molecular weight is 276 g/mol. The van der Waals surface area contributed by atoms with E-state index in [0.29, 0.717) is 5.92 Å². The van der Waals surface area contributed by atoms with Crippen molar-refractivity contribution in [2.24, 2.45) is 5.92 Å². The van der Waals surface area contributed by atoms with Crippen molar-refractivity contribution in [2.75, 3.05) is 12.3 Å². The van der Waals surface area contributed by atoms with Crippen LogP contribution in [0.2, 0.25) is 0 Å². The molecule has 2 rings (SSSR count). The summed E-state index contributed by atoms with van der Waals surface area (Å²) >= 11 is 0. The van der Waals surface area contributed by atoms with Crippen molar-refractivity contribution in [2.45, 2.75) is 24.2 Å². The van der Waals surface area contributed by atoms with Crippen LogP contribution in [0.3, 0.4) is 0 Å². The maximum Gasteiger partial charge on any atom is 0.243 e. The first kappa shape index (κ1) is 13.2. The Morgan fingerprint density at radius 2 is 2.00 bits per heavy atom. The highest BCUT2D eigenvalue weighted by Crippen LogP contribution is 2.32. The summed E-state index contributed by atoms with van der Waals surface area (Å²) < 4.78 is 52.4. The second kappa shape index (κ2) is 4.81. The summed E-state index contributed by atoms with van der Waals surface area (Å²) in [6, 6.07) is 1.72. The maximum absolute atomic E-state index is 13.6. The van der Waals surface area contributed by atoms with E-state index in [2.05, 4.69) is 4.72 Å². The molecule has 1 aliphatic carbocycles. The molecule has 4 nitrogen and oxygen atoms in total. The Hall–Kier alpha value is -1.21. The van der Waals surface area contributed by atoms with Crippen LogP contribution in [0, 0.1) is 17.6 Å². The number of halogens is 2. The third-order valence-electron chi connectivity index (χ3n) is 2.92. The number of rotatable bonds is 5.